The van der Waals surface area contributed by atoms with Crippen molar-refractivity contribution in [3.63, 3.8) is 0 Å². The predicted molar refractivity (Wildman–Crippen MR) is 83.2 cm³/mol. The fourth-order valence-electron chi connectivity index (χ4n) is 2.69. The minimum absolute atomic E-state index is 0.306. The van der Waals surface area contributed by atoms with Crippen molar-refractivity contribution in [3.05, 3.63) is 35.9 Å². The molecule has 1 aliphatic rings. The number of imide groups is 1. The van der Waals surface area contributed by atoms with E-state index < -0.39 is 12.1 Å². The number of aliphatic hydroxyl groups is 1. The van der Waals surface area contributed by atoms with Crippen LogP contribution in [0.3, 0.4) is 0 Å². The van der Waals surface area contributed by atoms with Gasteiger partial charge < -0.3 is 10.4 Å². The minimum atomic E-state index is -0.517. The molecule has 0 spiro atoms. The first-order valence-corrected chi connectivity index (χ1v) is 7.67. The van der Waals surface area contributed by atoms with Crippen molar-refractivity contribution in [1.82, 2.24) is 15.5 Å². The molecular formula is C16H23N3O3. The highest BCUT2D eigenvalue weighted by Gasteiger charge is 2.31. The molecule has 1 aromatic carbocycles. The summed E-state index contributed by atoms with van der Waals surface area (Å²) < 4.78 is 0. The molecule has 1 heterocycles. The predicted octanol–water partition coefficient (Wildman–Crippen LogP) is 1.03. The van der Waals surface area contributed by atoms with Gasteiger partial charge in [0.15, 0.2) is 0 Å². The highest BCUT2D eigenvalue weighted by molar-refractivity contribution is 5.97. The SMILES string of the molecule is CCNC(=O)NC(=O)C(c1ccccc1)N1CCC(O)CC1. The van der Waals surface area contributed by atoms with Crippen LogP contribution in [0.5, 0.6) is 0 Å². The number of nitrogens with one attached hydrogen (secondary N) is 2. The van der Waals surface area contributed by atoms with Gasteiger partial charge in [0.25, 0.3) is 0 Å². The topological polar surface area (TPSA) is 81.7 Å². The smallest absolute Gasteiger partial charge is 0.321 e. The molecule has 22 heavy (non-hydrogen) atoms. The van der Waals surface area contributed by atoms with Crippen molar-refractivity contribution in [1.29, 1.82) is 0 Å². The summed E-state index contributed by atoms with van der Waals surface area (Å²) in [4.78, 5) is 26.2. The fraction of sp³-hybridized carbons (Fsp3) is 0.500. The molecular weight excluding hydrogens is 282 g/mol. The van der Waals surface area contributed by atoms with E-state index in [-0.39, 0.29) is 12.0 Å². The number of piperidine rings is 1. The number of hydrogen-bond acceptors (Lipinski definition) is 4. The third-order valence-corrected chi connectivity index (χ3v) is 3.80. The van der Waals surface area contributed by atoms with Gasteiger partial charge >= 0.3 is 6.03 Å². The van der Waals surface area contributed by atoms with Crippen LogP contribution in [0, 0.1) is 0 Å². The van der Waals surface area contributed by atoms with E-state index in [1.54, 1.807) is 6.92 Å². The molecule has 6 heteroatoms. The number of amides is 3. The maximum Gasteiger partial charge on any atom is 0.321 e. The lowest BCUT2D eigenvalue weighted by Gasteiger charge is -2.35. The van der Waals surface area contributed by atoms with Crippen molar-refractivity contribution in [2.24, 2.45) is 0 Å². The zero-order valence-corrected chi connectivity index (χ0v) is 12.8. The maximum absolute atomic E-state index is 12.5. The summed E-state index contributed by atoms with van der Waals surface area (Å²) in [6.07, 6.45) is 0.967. The number of likely N-dealkylation sites (tertiary alicyclic amines) is 1. The normalized spacial score (nSPS) is 17.7. The van der Waals surface area contributed by atoms with Gasteiger partial charge in [0, 0.05) is 19.6 Å². The average Bonchev–Trinajstić information content (AvgIpc) is 2.51. The van der Waals surface area contributed by atoms with Gasteiger partial charge in [-0.3, -0.25) is 15.0 Å². The van der Waals surface area contributed by atoms with Gasteiger partial charge in [0.1, 0.15) is 6.04 Å². The van der Waals surface area contributed by atoms with E-state index in [1.165, 1.54) is 0 Å². The maximum atomic E-state index is 12.5. The van der Waals surface area contributed by atoms with Gasteiger partial charge in [-0.15, -0.1) is 0 Å². The van der Waals surface area contributed by atoms with Gasteiger partial charge in [-0.05, 0) is 25.3 Å². The summed E-state index contributed by atoms with van der Waals surface area (Å²) in [6, 6.07) is 8.41. The Kier molecular flexibility index (Phi) is 5.91. The van der Waals surface area contributed by atoms with Crippen molar-refractivity contribution >= 4 is 11.9 Å². The zero-order valence-electron chi connectivity index (χ0n) is 12.8. The largest absolute Gasteiger partial charge is 0.393 e. The van der Waals surface area contributed by atoms with Crippen LogP contribution in [0.25, 0.3) is 0 Å². The van der Waals surface area contributed by atoms with E-state index in [2.05, 4.69) is 10.6 Å². The molecule has 1 aromatic rings. The Bertz CT molecular complexity index is 499. The second kappa shape index (κ2) is 7.91. The van der Waals surface area contributed by atoms with E-state index in [9.17, 15) is 14.7 Å². The first-order valence-electron chi connectivity index (χ1n) is 7.67. The zero-order chi connectivity index (χ0) is 15.9. The van der Waals surface area contributed by atoms with E-state index in [4.69, 9.17) is 0 Å². The number of carbonyl (C=O) groups excluding carboxylic acids is 2. The molecule has 0 saturated carbocycles. The average molecular weight is 305 g/mol. The molecule has 1 fully saturated rings. The molecule has 3 amide bonds. The molecule has 0 bridgehead atoms. The van der Waals surface area contributed by atoms with Crippen LogP contribution >= 0.6 is 0 Å². The third-order valence-electron chi connectivity index (χ3n) is 3.80. The van der Waals surface area contributed by atoms with Crippen LogP contribution in [-0.2, 0) is 4.79 Å². The Balaban J connectivity index is 2.15. The van der Waals surface area contributed by atoms with Gasteiger partial charge in [-0.1, -0.05) is 30.3 Å². The van der Waals surface area contributed by atoms with Crippen molar-refractivity contribution in [2.75, 3.05) is 19.6 Å². The van der Waals surface area contributed by atoms with Crippen molar-refractivity contribution in [2.45, 2.75) is 31.9 Å². The van der Waals surface area contributed by atoms with Crippen LogP contribution in [0.15, 0.2) is 30.3 Å². The molecule has 6 nitrogen and oxygen atoms in total. The molecule has 1 atom stereocenters. The Morgan fingerprint density at radius 1 is 1.27 bits per heavy atom. The molecule has 3 N–H and O–H groups in total. The number of carbonyl (C=O) groups is 2. The Morgan fingerprint density at radius 3 is 2.50 bits per heavy atom. The molecule has 1 aliphatic heterocycles. The molecule has 120 valence electrons. The number of benzene rings is 1. The van der Waals surface area contributed by atoms with Crippen LogP contribution < -0.4 is 10.6 Å². The van der Waals surface area contributed by atoms with Crippen molar-refractivity contribution in [3.8, 4) is 0 Å². The Labute approximate surface area is 130 Å². The molecule has 1 unspecified atom stereocenters. The molecule has 0 aromatic heterocycles. The third kappa shape index (κ3) is 4.29. The van der Waals surface area contributed by atoms with Gasteiger partial charge in [-0.2, -0.15) is 0 Å². The number of aliphatic hydroxyl groups excluding tert-OH is 1. The monoisotopic (exact) mass is 305 g/mol. The summed E-state index contributed by atoms with van der Waals surface area (Å²) in [6.45, 7) is 3.52. The van der Waals surface area contributed by atoms with Gasteiger partial charge in [-0.25, -0.2) is 4.79 Å². The first kappa shape index (κ1) is 16.5. The lowest BCUT2D eigenvalue weighted by molar-refractivity contribution is -0.126. The lowest BCUT2D eigenvalue weighted by atomic mass is 10.00. The standard InChI is InChI=1S/C16H23N3O3/c1-2-17-16(22)18-15(21)14(12-6-4-3-5-7-12)19-10-8-13(20)9-11-19/h3-7,13-14,20H,2,8-11H2,1H3,(H2,17,18,21,22). The van der Waals surface area contributed by atoms with Crippen molar-refractivity contribution < 1.29 is 14.7 Å². The summed E-state index contributed by atoms with van der Waals surface area (Å²) >= 11 is 0. The molecule has 0 aliphatic carbocycles. The first-order chi connectivity index (χ1) is 10.6. The quantitative estimate of drug-likeness (QED) is 0.776. The molecule has 0 radical (unpaired) electrons. The van der Waals surface area contributed by atoms with E-state index >= 15 is 0 Å². The number of hydrogen-bond donors (Lipinski definition) is 3. The van der Waals surface area contributed by atoms with Crippen LogP contribution in [-0.4, -0.2) is 47.7 Å². The fourth-order valence-corrected chi connectivity index (χ4v) is 2.69. The van der Waals surface area contributed by atoms with E-state index in [0.717, 1.165) is 5.56 Å². The van der Waals surface area contributed by atoms with Gasteiger partial charge in [0.2, 0.25) is 5.91 Å². The lowest BCUT2D eigenvalue weighted by Crippen LogP contribution is -2.48. The van der Waals surface area contributed by atoms with E-state index in [1.807, 2.05) is 35.2 Å². The molecule has 2 rings (SSSR count). The minimum Gasteiger partial charge on any atom is -0.393 e. The highest BCUT2D eigenvalue weighted by atomic mass is 16.3. The van der Waals surface area contributed by atoms with E-state index in [0.29, 0.717) is 32.5 Å². The number of rotatable bonds is 4. The summed E-state index contributed by atoms with van der Waals surface area (Å²) in [5, 5.41) is 14.6. The Hall–Kier alpha value is -1.92. The molecule has 1 saturated heterocycles. The van der Waals surface area contributed by atoms with Crippen LogP contribution in [0.1, 0.15) is 31.4 Å². The van der Waals surface area contributed by atoms with Crippen LogP contribution in [0.2, 0.25) is 0 Å². The number of nitrogens with zero attached hydrogens (tertiary/aromatic N) is 1. The summed E-state index contributed by atoms with van der Waals surface area (Å²) in [5.74, 6) is -0.339. The van der Waals surface area contributed by atoms with Gasteiger partial charge in [0.05, 0.1) is 6.10 Å². The second-order valence-corrected chi connectivity index (χ2v) is 5.43. The summed E-state index contributed by atoms with van der Waals surface area (Å²) in [5.41, 5.74) is 0.848. The van der Waals surface area contributed by atoms with Crippen LogP contribution in [0.4, 0.5) is 4.79 Å². The highest BCUT2D eigenvalue weighted by Crippen LogP contribution is 2.25. The second-order valence-electron chi connectivity index (χ2n) is 5.43. The number of urea groups is 1. The summed E-state index contributed by atoms with van der Waals surface area (Å²) in [7, 11) is 0. The Morgan fingerprint density at radius 2 is 1.91 bits per heavy atom.